The van der Waals surface area contributed by atoms with Crippen LogP contribution in [0.15, 0.2) is 18.2 Å². The van der Waals surface area contributed by atoms with Crippen LogP contribution >= 0.6 is 0 Å². The summed E-state index contributed by atoms with van der Waals surface area (Å²) in [6.45, 7) is 5.56. The van der Waals surface area contributed by atoms with Crippen LogP contribution in [0.5, 0.6) is 0 Å². The van der Waals surface area contributed by atoms with Crippen molar-refractivity contribution in [2.75, 3.05) is 31.2 Å². The molecule has 1 aromatic rings. The topological polar surface area (TPSA) is 32.7 Å². The lowest BCUT2D eigenvalue weighted by atomic mass is 9.94. The van der Waals surface area contributed by atoms with Gasteiger partial charge in [0.2, 0.25) is 0 Å². The molecule has 2 atom stereocenters. The zero-order valence-corrected chi connectivity index (χ0v) is 11.6. The molecule has 1 N–H and O–H groups in total. The molecule has 1 saturated heterocycles. The Balaban J connectivity index is 1.76. The Bertz CT molecular complexity index is 446. The molecule has 19 heavy (non-hydrogen) atoms. The van der Waals surface area contributed by atoms with E-state index in [2.05, 4.69) is 30.0 Å². The number of aliphatic hydroxyl groups excluding tert-OH is 1. The van der Waals surface area contributed by atoms with Crippen LogP contribution in [-0.2, 0) is 11.2 Å². The summed E-state index contributed by atoms with van der Waals surface area (Å²) in [4.78, 5) is 2.43. The highest BCUT2D eigenvalue weighted by molar-refractivity contribution is 5.56. The Hall–Kier alpha value is -1.06. The van der Waals surface area contributed by atoms with Crippen molar-refractivity contribution in [2.24, 2.45) is 5.92 Å². The molecule has 0 amide bonds. The summed E-state index contributed by atoms with van der Waals surface area (Å²) in [5.41, 5.74) is 4.15. The van der Waals surface area contributed by atoms with Gasteiger partial charge in [0.1, 0.15) is 0 Å². The van der Waals surface area contributed by atoms with Gasteiger partial charge in [-0.3, -0.25) is 0 Å². The average Bonchev–Trinajstić information content (AvgIpc) is 2.41. The third-order valence-corrected chi connectivity index (χ3v) is 4.34. The maximum absolute atomic E-state index is 10.1. The van der Waals surface area contributed by atoms with Gasteiger partial charge in [0.25, 0.3) is 0 Å². The summed E-state index contributed by atoms with van der Waals surface area (Å²) >= 11 is 0. The van der Waals surface area contributed by atoms with E-state index in [1.165, 1.54) is 29.7 Å². The van der Waals surface area contributed by atoms with E-state index in [1.54, 1.807) is 0 Å². The third-order valence-electron chi connectivity index (χ3n) is 4.34. The van der Waals surface area contributed by atoms with Gasteiger partial charge in [-0.1, -0.05) is 17.7 Å². The van der Waals surface area contributed by atoms with Gasteiger partial charge in [-0.05, 0) is 37.8 Å². The number of hydrogen-bond donors (Lipinski definition) is 1. The molecule has 104 valence electrons. The van der Waals surface area contributed by atoms with Crippen molar-refractivity contribution in [1.29, 1.82) is 0 Å². The van der Waals surface area contributed by atoms with Gasteiger partial charge >= 0.3 is 0 Å². The predicted molar refractivity (Wildman–Crippen MR) is 76.6 cm³/mol. The van der Waals surface area contributed by atoms with E-state index in [0.717, 1.165) is 19.5 Å². The molecule has 2 aliphatic heterocycles. The molecule has 0 aliphatic carbocycles. The lowest BCUT2D eigenvalue weighted by Gasteiger charge is -2.37. The minimum atomic E-state index is -0.204. The van der Waals surface area contributed by atoms with Crippen molar-refractivity contribution in [3.05, 3.63) is 29.3 Å². The number of anilines is 1. The van der Waals surface area contributed by atoms with Crippen molar-refractivity contribution >= 4 is 5.69 Å². The largest absolute Gasteiger partial charge is 0.393 e. The highest BCUT2D eigenvalue weighted by Gasteiger charge is 2.27. The van der Waals surface area contributed by atoms with E-state index in [9.17, 15) is 5.11 Å². The van der Waals surface area contributed by atoms with Gasteiger partial charge in [-0.2, -0.15) is 0 Å². The molecule has 2 aliphatic rings. The first-order valence-corrected chi connectivity index (χ1v) is 7.34. The summed E-state index contributed by atoms with van der Waals surface area (Å²) in [5, 5.41) is 10.1. The van der Waals surface area contributed by atoms with Crippen molar-refractivity contribution in [3.8, 4) is 0 Å². The van der Waals surface area contributed by atoms with E-state index in [-0.39, 0.29) is 12.0 Å². The Morgan fingerprint density at radius 1 is 1.42 bits per heavy atom. The molecule has 0 spiro atoms. The van der Waals surface area contributed by atoms with E-state index >= 15 is 0 Å². The van der Waals surface area contributed by atoms with Gasteiger partial charge in [0.15, 0.2) is 0 Å². The predicted octanol–water partition coefficient (Wildman–Crippen LogP) is 2.15. The second-order valence-corrected chi connectivity index (χ2v) is 5.87. The first-order chi connectivity index (χ1) is 9.24. The maximum atomic E-state index is 10.1. The van der Waals surface area contributed by atoms with Crippen LogP contribution in [0.1, 0.15) is 24.0 Å². The van der Waals surface area contributed by atoms with Gasteiger partial charge in [0, 0.05) is 31.3 Å². The van der Waals surface area contributed by atoms with Crippen LogP contribution in [-0.4, -0.2) is 37.5 Å². The second kappa shape index (κ2) is 5.51. The number of ether oxygens (including phenoxy) is 1. The van der Waals surface area contributed by atoms with Crippen LogP contribution in [0.2, 0.25) is 0 Å². The lowest BCUT2D eigenvalue weighted by molar-refractivity contribution is -0.0324. The fourth-order valence-corrected chi connectivity index (χ4v) is 3.24. The van der Waals surface area contributed by atoms with E-state index in [4.69, 9.17) is 4.74 Å². The molecule has 0 aromatic heterocycles. The van der Waals surface area contributed by atoms with Gasteiger partial charge in [-0.15, -0.1) is 0 Å². The molecule has 2 unspecified atom stereocenters. The molecular formula is C16H23NO2. The Morgan fingerprint density at radius 2 is 2.32 bits per heavy atom. The molecule has 3 heteroatoms. The summed E-state index contributed by atoms with van der Waals surface area (Å²) in [6.07, 6.45) is 2.96. The molecule has 0 bridgehead atoms. The number of hydrogen-bond acceptors (Lipinski definition) is 3. The molecule has 3 rings (SSSR count). The molecule has 1 fully saturated rings. The number of aliphatic hydroxyl groups is 1. The third kappa shape index (κ3) is 2.77. The smallest absolute Gasteiger partial charge is 0.0629 e. The maximum Gasteiger partial charge on any atom is 0.0629 e. The zero-order chi connectivity index (χ0) is 13.2. The summed E-state index contributed by atoms with van der Waals surface area (Å²) in [7, 11) is 0. The summed E-state index contributed by atoms with van der Waals surface area (Å²) < 4.78 is 5.51. The standard InChI is InChI=1S/C16H23NO2/c1-12-4-5-15-13(9-12)3-2-7-17(15)10-14-11-19-8-6-16(14)18/h4-5,9,14,16,18H,2-3,6-8,10-11H2,1H3. The first-order valence-electron chi connectivity index (χ1n) is 7.34. The minimum absolute atomic E-state index is 0.204. The molecule has 0 saturated carbocycles. The van der Waals surface area contributed by atoms with Gasteiger partial charge in [0.05, 0.1) is 12.7 Å². The average molecular weight is 261 g/mol. The Kier molecular flexibility index (Phi) is 3.76. The van der Waals surface area contributed by atoms with E-state index in [1.807, 2.05) is 0 Å². The monoisotopic (exact) mass is 261 g/mol. The van der Waals surface area contributed by atoms with Crippen LogP contribution in [0, 0.1) is 12.8 Å². The Morgan fingerprint density at radius 3 is 3.16 bits per heavy atom. The van der Waals surface area contributed by atoms with Crippen LogP contribution in [0.3, 0.4) is 0 Å². The molecular weight excluding hydrogens is 238 g/mol. The zero-order valence-electron chi connectivity index (χ0n) is 11.6. The quantitative estimate of drug-likeness (QED) is 0.885. The van der Waals surface area contributed by atoms with Crippen molar-refractivity contribution < 1.29 is 9.84 Å². The van der Waals surface area contributed by atoms with E-state index < -0.39 is 0 Å². The number of fused-ring (bicyclic) bond motifs is 1. The number of benzene rings is 1. The molecule has 2 heterocycles. The molecule has 0 radical (unpaired) electrons. The van der Waals surface area contributed by atoms with Crippen molar-refractivity contribution in [2.45, 2.75) is 32.3 Å². The molecule has 3 nitrogen and oxygen atoms in total. The summed E-state index contributed by atoms with van der Waals surface area (Å²) in [6, 6.07) is 6.72. The van der Waals surface area contributed by atoms with Crippen molar-refractivity contribution in [3.63, 3.8) is 0 Å². The molecule has 1 aromatic carbocycles. The van der Waals surface area contributed by atoms with Crippen LogP contribution in [0.4, 0.5) is 5.69 Å². The number of nitrogens with zero attached hydrogens (tertiary/aromatic N) is 1. The summed E-state index contributed by atoms with van der Waals surface area (Å²) in [5.74, 6) is 0.251. The fourth-order valence-electron chi connectivity index (χ4n) is 3.24. The van der Waals surface area contributed by atoms with Crippen molar-refractivity contribution in [1.82, 2.24) is 0 Å². The van der Waals surface area contributed by atoms with E-state index in [0.29, 0.717) is 13.2 Å². The second-order valence-electron chi connectivity index (χ2n) is 5.87. The fraction of sp³-hybridized carbons (Fsp3) is 0.625. The highest BCUT2D eigenvalue weighted by atomic mass is 16.5. The lowest BCUT2D eigenvalue weighted by Crippen LogP contribution is -2.42. The van der Waals surface area contributed by atoms with Gasteiger partial charge in [-0.25, -0.2) is 0 Å². The SMILES string of the molecule is Cc1ccc2c(c1)CCCN2CC1COCCC1O. The minimum Gasteiger partial charge on any atom is -0.393 e. The van der Waals surface area contributed by atoms with Crippen LogP contribution < -0.4 is 4.90 Å². The highest BCUT2D eigenvalue weighted by Crippen LogP contribution is 2.29. The van der Waals surface area contributed by atoms with Gasteiger partial charge < -0.3 is 14.7 Å². The van der Waals surface area contributed by atoms with Crippen LogP contribution in [0.25, 0.3) is 0 Å². The Labute approximate surface area is 115 Å². The number of rotatable bonds is 2. The first kappa shape index (κ1) is 12.9. The number of aryl methyl sites for hydroxylation is 2. The normalized spacial score (nSPS) is 27.2.